The van der Waals surface area contributed by atoms with Gasteiger partial charge >= 0.3 is 0 Å². The minimum Gasteiger partial charge on any atom is -0.245 e. The zero-order chi connectivity index (χ0) is 7.56. The normalized spacial score (nSPS) is 12.5. The van der Waals surface area contributed by atoms with E-state index in [1.165, 1.54) is 17.5 Å². The lowest BCUT2D eigenvalue weighted by molar-refractivity contribution is 1.15. The Bertz CT molecular complexity index is 265. The van der Waals surface area contributed by atoms with Crippen molar-refractivity contribution >= 4 is 34.5 Å². The van der Waals surface area contributed by atoms with Gasteiger partial charge in [-0.2, -0.15) is 5.26 Å². The van der Waals surface area contributed by atoms with Crippen molar-refractivity contribution in [2.45, 2.75) is 5.38 Å². The third-order valence-corrected chi connectivity index (χ3v) is 2.44. The van der Waals surface area contributed by atoms with Crippen LogP contribution in [0.1, 0.15) is 10.4 Å². The second-order valence-electron chi connectivity index (χ2n) is 1.49. The summed E-state index contributed by atoms with van der Waals surface area (Å²) >= 11 is 12.3. The Hall–Kier alpha value is -0.300. The first-order chi connectivity index (χ1) is 4.74. The first kappa shape index (κ1) is 7.80. The highest BCUT2D eigenvalue weighted by atomic mass is 35.5. The molecule has 1 unspecified atom stereocenters. The molecule has 0 aliphatic carbocycles. The molecule has 52 valence electrons. The predicted molar refractivity (Wildman–Crippen MR) is 41.3 cm³/mol. The first-order valence-corrected chi connectivity index (χ1v) is 4.02. The molecule has 1 heterocycles. The fourth-order valence-electron chi connectivity index (χ4n) is 0.439. The number of thiazole rings is 1. The summed E-state index contributed by atoms with van der Waals surface area (Å²) in [7, 11) is 0. The van der Waals surface area contributed by atoms with Gasteiger partial charge in [0.15, 0.2) is 5.38 Å². The number of hydrogen-bond donors (Lipinski definition) is 0. The summed E-state index contributed by atoms with van der Waals surface area (Å²) in [6, 6.07) is 1.85. The molecule has 0 spiro atoms. The molecule has 2 nitrogen and oxygen atoms in total. The van der Waals surface area contributed by atoms with Gasteiger partial charge in [-0.3, -0.25) is 0 Å². The monoisotopic (exact) mass is 192 g/mol. The number of halogens is 2. The molecular formula is C5H2Cl2N2S. The number of aromatic nitrogens is 1. The number of rotatable bonds is 1. The van der Waals surface area contributed by atoms with Gasteiger partial charge in [-0.1, -0.05) is 23.2 Å². The Kier molecular flexibility index (Phi) is 2.50. The van der Waals surface area contributed by atoms with Gasteiger partial charge in [-0.05, 0) is 0 Å². The lowest BCUT2D eigenvalue weighted by atomic mass is 10.5. The fourth-order valence-corrected chi connectivity index (χ4v) is 1.48. The van der Waals surface area contributed by atoms with Crippen LogP contribution in [0.3, 0.4) is 0 Å². The van der Waals surface area contributed by atoms with E-state index in [1.807, 2.05) is 6.07 Å². The molecule has 1 aromatic heterocycles. The van der Waals surface area contributed by atoms with E-state index in [9.17, 15) is 0 Å². The molecule has 10 heavy (non-hydrogen) atoms. The Labute approximate surface area is 72.0 Å². The maximum Gasteiger partial charge on any atom is 0.171 e. The molecule has 1 rings (SSSR count). The van der Waals surface area contributed by atoms with Gasteiger partial charge in [-0.15, -0.1) is 11.3 Å². The van der Waals surface area contributed by atoms with E-state index in [4.69, 9.17) is 28.5 Å². The summed E-state index contributed by atoms with van der Waals surface area (Å²) in [5, 5.41) is 8.22. The van der Waals surface area contributed by atoms with Gasteiger partial charge in [0.05, 0.1) is 12.3 Å². The average molecular weight is 193 g/mol. The number of alkyl halides is 1. The van der Waals surface area contributed by atoms with Gasteiger partial charge in [0, 0.05) is 0 Å². The highest BCUT2D eigenvalue weighted by molar-refractivity contribution is 7.16. The number of nitriles is 1. The van der Waals surface area contributed by atoms with E-state index >= 15 is 0 Å². The van der Waals surface area contributed by atoms with Crippen LogP contribution in [-0.4, -0.2) is 4.98 Å². The number of nitrogens with zero attached hydrogens (tertiary/aromatic N) is 2. The maximum absolute atomic E-state index is 8.34. The first-order valence-electron chi connectivity index (χ1n) is 2.39. The Morgan fingerprint density at radius 2 is 2.50 bits per heavy atom. The topological polar surface area (TPSA) is 36.7 Å². The van der Waals surface area contributed by atoms with Crippen LogP contribution >= 0.6 is 34.5 Å². The van der Waals surface area contributed by atoms with Crippen molar-refractivity contribution in [2.75, 3.05) is 0 Å². The van der Waals surface area contributed by atoms with Crippen LogP contribution in [-0.2, 0) is 0 Å². The molecule has 0 saturated heterocycles. The van der Waals surface area contributed by atoms with Crippen molar-refractivity contribution in [3.05, 3.63) is 15.5 Å². The summed E-state index contributed by atoms with van der Waals surface area (Å²) in [6.45, 7) is 0. The second-order valence-corrected chi connectivity index (χ2v) is 3.62. The minimum absolute atomic E-state index is 0.550. The van der Waals surface area contributed by atoms with Crippen LogP contribution in [0, 0.1) is 11.3 Å². The molecular weight excluding hydrogens is 191 g/mol. The molecule has 0 aromatic carbocycles. The van der Waals surface area contributed by atoms with Crippen molar-refractivity contribution in [3.63, 3.8) is 0 Å². The third-order valence-electron chi connectivity index (χ3n) is 0.826. The summed E-state index contributed by atoms with van der Waals surface area (Å²) in [5.41, 5.74) is 0. The predicted octanol–water partition coefficient (Wildman–Crippen LogP) is 2.60. The molecule has 0 aliphatic rings. The van der Waals surface area contributed by atoms with Crippen LogP contribution in [0.25, 0.3) is 0 Å². The van der Waals surface area contributed by atoms with E-state index in [0.29, 0.717) is 9.34 Å². The SMILES string of the molecule is N#CC(Cl)c1ncc(Cl)s1. The van der Waals surface area contributed by atoms with E-state index in [0.717, 1.165) is 0 Å². The smallest absolute Gasteiger partial charge is 0.171 e. The van der Waals surface area contributed by atoms with Gasteiger partial charge in [0.25, 0.3) is 0 Å². The highest BCUT2D eigenvalue weighted by Gasteiger charge is 2.09. The quantitative estimate of drug-likeness (QED) is 0.642. The van der Waals surface area contributed by atoms with Crippen LogP contribution in [0.15, 0.2) is 6.20 Å². The lowest BCUT2D eigenvalue weighted by Gasteiger charge is -1.88. The van der Waals surface area contributed by atoms with Crippen LogP contribution in [0.4, 0.5) is 0 Å². The van der Waals surface area contributed by atoms with E-state index in [2.05, 4.69) is 4.98 Å². The molecule has 0 radical (unpaired) electrons. The van der Waals surface area contributed by atoms with E-state index in [-0.39, 0.29) is 0 Å². The minimum atomic E-state index is -0.669. The van der Waals surface area contributed by atoms with E-state index < -0.39 is 5.38 Å². The molecule has 1 atom stereocenters. The van der Waals surface area contributed by atoms with Gasteiger partial charge < -0.3 is 0 Å². The Morgan fingerprint density at radius 3 is 2.90 bits per heavy atom. The van der Waals surface area contributed by atoms with Crippen LogP contribution in [0.5, 0.6) is 0 Å². The second kappa shape index (κ2) is 3.20. The summed E-state index contributed by atoms with van der Waals surface area (Å²) in [6.07, 6.45) is 1.48. The van der Waals surface area contributed by atoms with Crippen molar-refractivity contribution < 1.29 is 0 Å². The average Bonchev–Trinajstić information content (AvgIpc) is 2.34. The van der Waals surface area contributed by atoms with Crippen molar-refractivity contribution in [3.8, 4) is 6.07 Å². The van der Waals surface area contributed by atoms with Crippen LogP contribution < -0.4 is 0 Å². The Balaban J connectivity index is 2.87. The van der Waals surface area contributed by atoms with Gasteiger partial charge in [0.1, 0.15) is 9.34 Å². The Morgan fingerprint density at radius 1 is 1.80 bits per heavy atom. The van der Waals surface area contributed by atoms with Gasteiger partial charge in [-0.25, -0.2) is 4.98 Å². The third kappa shape index (κ3) is 1.60. The lowest BCUT2D eigenvalue weighted by Crippen LogP contribution is -1.81. The van der Waals surface area contributed by atoms with Crippen molar-refractivity contribution in [1.29, 1.82) is 5.26 Å². The molecule has 0 amide bonds. The summed E-state index contributed by atoms with van der Waals surface area (Å²) in [5.74, 6) is 0. The highest BCUT2D eigenvalue weighted by Crippen LogP contribution is 2.26. The number of hydrogen-bond acceptors (Lipinski definition) is 3. The molecule has 0 aliphatic heterocycles. The van der Waals surface area contributed by atoms with Crippen LogP contribution in [0.2, 0.25) is 4.34 Å². The maximum atomic E-state index is 8.34. The zero-order valence-corrected chi connectivity index (χ0v) is 7.04. The molecule has 0 bridgehead atoms. The zero-order valence-electron chi connectivity index (χ0n) is 4.71. The molecule has 0 N–H and O–H groups in total. The molecule has 0 saturated carbocycles. The molecule has 5 heteroatoms. The molecule has 1 aromatic rings. The standard InChI is InChI=1S/C5H2Cl2N2S/c6-3(1-8)5-9-2-4(7)10-5/h2-3H. The molecule has 0 fully saturated rings. The van der Waals surface area contributed by atoms with Crippen molar-refractivity contribution in [1.82, 2.24) is 4.98 Å². The largest absolute Gasteiger partial charge is 0.245 e. The summed E-state index contributed by atoms with van der Waals surface area (Å²) < 4.78 is 0.552. The van der Waals surface area contributed by atoms with Crippen molar-refractivity contribution in [2.24, 2.45) is 0 Å². The van der Waals surface area contributed by atoms with Gasteiger partial charge in [0.2, 0.25) is 0 Å². The van der Waals surface area contributed by atoms with E-state index in [1.54, 1.807) is 0 Å². The fraction of sp³-hybridized carbons (Fsp3) is 0.200. The summed E-state index contributed by atoms with van der Waals surface area (Å²) in [4.78, 5) is 3.82.